The van der Waals surface area contributed by atoms with E-state index in [0.717, 1.165) is 25.1 Å². The second kappa shape index (κ2) is 6.21. The van der Waals surface area contributed by atoms with Gasteiger partial charge in [0.1, 0.15) is 5.76 Å². The highest BCUT2D eigenvalue weighted by Gasteiger charge is 2.16. The van der Waals surface area contributed by atoms with E-state index >= 15 is 0 Å². The molecule has 0 fully saturated rings. The molecule has 2 aromatic heterocycles. The van der Waals surface area contributed by atoms with Crippen molar-refractivity contribution in [1.29, 1.82) is 0 Å². The molecule has 0 bridgehead atoms. The summed E-state index contributed by atoms with van der Waals surface area (Å²) in [6.45, 7) is 7.36. The lowest BCUT2D eigenvalue weighted by Gasteiger charge is -2.16. The molecule has 2 heterocycles. The van der Waals surface area contributed by atoms with Gasteiger partial charge in [-0.3, -0.25) is 0 Å². The molecule has 2 rings (SSSR count). The number of aryl methyl sites for hydroxylation is 2. The topological polar surface area (TPSA) is 25.2 Å². The molecule has 18 heavy (non-hydrogen) atoms. The molecule has 0 radical (unpaired) electrons. The minimum Gasteiger partial charge on any atom is -0.469 e. The van der Waals surface area contributed by atoms with Crippen LogP contribution in [0.5, 0.6) is 0 Å². The number of rotatable bonds is 6. The first-order valence-corrected chi connectivity index (χ1v) is 7.41. The Labute approximate surface area is 113 Å². The van der Waals surface area contributed by atoms with E-state index < -0.39 is 0 Å². The van der Waals surface area contributed by atoms with Crippen LogP contribution in [0.2, 0.25) is 0 Å². The Balaban J connectivity index is 2.13. The minimum atomic E-state index is 0.358. The van der Waals surface area contributed by atoms with Crippen LogP contribution in [0.4, 0.5) is 0 Å². The molecule has 0 saturated heterocycles. The summed E-state index contributed by atoms with van der Waals surface area (Å²) in [7, 11) is 0. The monoisotopic (exact) mass is 263 g/mol. The van der Waals surface area contributed by atoms with Crippen molar-refractivity contribution < 1.29 is 4.42 Å². The Bertz CT molecular complexity index is 486. The molecule has 0 aliphatic carbocycles. The van der Waals surface area contributed by atoms with Crippen LogP contribution in [0.1, 0.15) is 41.0 Å². The van der Waals surface area contributed by atoms with E-state index in [2.05, 4.69) is 37.4 Å². The normalized spacial score (nSPS) is 12.8. The molecule has 0 saturated carbocycles. The van der Waals surface area contributed by atoms with Crippen LogP contribution in [0.25, 0.3) is 0 Å². The summed E-state index contributed by atoms with van der Waals surface area (Å²) in [5.74, 6) is 1.02. The molecular formula is C15H21NOS. The highest BCUT2D eigenvalue weighted by Crippen LogP contribution is 2.26. The number of likely N-dealkylation sites (N-methyl/N-ethyl adjacent to an activating group) is 1. The van der Waals surface area contributed by atoms with Crippen LogP contribution >= 0.6 is 11.3 Å². The fourth-order valence-electron chi connectivity index (χ4n) is 2.22. The van der Waals surface area contributed by atoms with Crippen molar-refractivity contribution in [2.75, 3.05) is 6.54 Å². The molecule has 0 spiro atoms. The van der Waals surface area contributed by atoms with Crippen molar-refractivity contribution in [2.45, 2.75) is 39.7 Å². The van der Waals surface area contributed by atoms with Crippen molar-refractivity contribution >= 4 is 11.3 Å². The molecule has 0 aliphatic rings. The van der Waals surface area contributed by atoms with Gasteiger partial charge in [0.05, 0.1) is 6.26 Å². The SMILES string of the molecule is CCNC(Cc1ccc(CC)s1)c1ccoc1C. The average molecular weight is 263 g/mol. The van der Waals surface area contributed by atoms with Gasteiger partial charge < -0.3 is 9.73 Å². The molecule has 0 aliphatic heterocycles. The third-order valence-electron chi connectivity index (χ3n) is 3.20. The Hall–Kier alpha value is -1.06. The molecule has 98 valence electrons. The zero-order valence-electron chi connectivity index (χ0n) is 11.3. The fourth-order valence-corrected chi connectivity index (χ4v) is 3.22. The molecule has 1 N–H and O–H groups in total. The van der Waals surface area contributed by atoms with Crippen LogP contribution in [0, 0.1) is 6.92 Å². The summed E-state index contributed by atoms with van der Waals surface area (Å²) in [6.07, 6.45) is 3.95. The third-order valence-corrected chi connectivity index (χ3v) is 4.45. The highest BCUT2D eigenvalue weighted by atomic mass is 32.1. The number of hydrogen-bond donors (Lipinski definition) is 1. The van der Waals surface area contributed by atoms with Crippen molar-refractivity contribution in [1.82, 2.24) is 5.32 Å². The number of furan rings is 1. The number of thiophene rings is 1. The van der Waals surface area contributed by atoms with Crippen LogP contribution in [-0.4, -0.2) is 6.54 Å². The lowest BCUT2D eigenvalue weighted by molar-refractivity contribution is 0.503. The smallest absolute Gasteiger partial charge is 0.105 e. The van der Waals surface area contributed by atoms with E-state index in [9.17, 15) is 0 Å². The van der Waals surface area contributed by atoms with Crippen molar-refractivity contribution in [2.24, 2.45) is 0 Å². The van der Waals surface area contributed by atoms with Crippen LogP contribution < -0.4 is 5.32 Å². The number of hydrogen-bond acceptors (Lipinski definition) is 3. The van der Waals surface area contributed by atoms with Crippen LogP contribution in [-0.2, 0) is 12.8 Å². The fraction of sp³-hybridized carbons (Fsp3) is 0.467. The van der Waals surface area contributed by atoms with E-state index in [0.29, 0.717) is 6.04 Å². The summed E-state index contributed by atoms with van der Waals surface area (Å²) in [5.41, 5.74) is 1.28. The summed E-state index contributed by atoms with van der Waals surface area (Å²) < 4.78 is 5.42. The molecule has 3 heteroatoms. The first-order chi connectivity index (χ1) is 8.74. The Morgan fingerprint density at radius 3 is 2.56 bits per heavy atom. The molecule has 1 atom stereocenters. The predicted octanol–water partition coefficient (Wildman–Crippen LogP) is 4.11. The van der Waals surface area contributed by atoms with E-state index in [4.69, 9.17) is 4.42 Å². The van der Waals surface area contributed by atoms with Crippen molar-refractivity contribution in [3.05, 3.63) is 45.5 Å². The van der Waals surface area contributed by atoms with Crippen LogP contribution in [0.15, 0.2) is 28.9 Å². The largest absolute Gasteiger partial charge is 0.469 e. The van der Waals surface area contributed by atoms with Gasteiger partial charge in [0.25, 0.3) is 0 Å². The van der Waals surface area contributed by atoms with Gasteiger partial charge in [-0.15, -0.1) is 11.3 Å². The van der Waals surface area contributed by atoms with Crippen molar-refractivity contribution in [3.63, 3.8) is 0 Å². The summed E-state index contributed by atoms with van der Waals surface area (Å²) in [6, 6.07) is 6.93. The first-order valence-electron chi connectivity index (χ1n) is 6.59. The standard InChI is InChI=1S/C15H21NOS/c1-4-12-6-7-13(18-12)10-15(16-5-2)14-8-9-17-11(14)3/h6-9,15-16H,4-5,10H2,1-3H3. The van der Waals surface area contributed by atoms with E-state index in [1.54, 1.807) is 6.26 Å². The van der Waals surface area contributed by atoms with Gasteiger partial charge in [-0.25, -0.2) is 0 Å². The molecule has 0 amide bonds. The average Bonchev–Trinajstić information content (AvgIpc) is 2.97. The zero-order chi connectivity index (χ0) is 13.0. The van der Waals surface area contributed by atoms with Gasteiger partial charge >= 0.3 is 0 Å². The van der Waals surface area contributed by atoms with Gasteiger partial charge in [0, 0.05) is 27.8 Å². The first kappa shape index (κ1) is 13.4. The lowest BCUT2D eigenvalue weighted by atomic mass is 10.0. The van der Waals surface area contributed by atoms with Crippen molar-refractivity contribution in [3.8, 4) is 0 Å². The van der Waals surface area contributed by atoms with E-state index in [1.165, 1.54) is 15.3 Å². The maximum atomic E-state index is 5.42. The Morgan fingerprint density at radius 1 is 1.22 bits per heavy atom. The predicted molar refractivity (Wildman–Crippen MR) is 77.3 cm³/mol. The highest BCUT2D eigenvalue weighted by molar-refractivity contribution is 7.11. The van der Waals surface area contributed by atoms with E-state index in [-0.39, 0.29) is 0 Å². The van der Waals surface area contributed by atoms with Gasteiger partial charge in [0.15, 0.2) is 0 Å². The quantitative estimate of drug-likeness (QED) is 0.848. The second-order valence-corrected chi connectivity index (χ2v) is 5.72. The summed E-state index contributed by atoms with van der Waals surface area (Å²) in [4.78, 5) is 2.91. The second-order valence-electron chi connectivity index (χ2n) is 4.47. The van der Waals surface area contributed by atoms with Gasteiger partial charge in [-0.1, -0.05) is 13.8 Å². The molecular weight excluding hydrogens is 242 g/mol. The molecule has 2 nitrogen and oxygen atoms in total. The van der Waals surface area contributed by atoms with E-state index in [1.807, 2.05) is 18.3 Å². The maximum absolute atomic E-state index is 5.42. The van der Waals surface area contributed by atoms with Gasteiger partial charge in [-0.05, 0) is 38.1 Å². The Kier molecular flexibility index (Phi) is 4.61. The molecule has 2 aromatic rings. The molecule has 0 aromatic carbocycles. The lowest BCUT2D eigenvalue weighted by Crippen LogP contribution is -2.22. The molecule has 1 unspecified atom stereocenters. The summed E-state index contributed by atoms with van der Waals surface area (Å²) in [5, 5.41) is 3.55. The Morgan fingerprint density at radius 2 is 2.00 bits per heavy atom. The van der Waals surface area contributed by atoms with Gasteiger partial charge in [-0.2, -0.15) is 0 Å². The van der Waals surface area contributed by atoms with Crippen LogP contribution in [0.3, 0.4) is 0 Å². The van der Waals surface area contributed by atoms with Gasteiger partial charge in [0.2, 0.25) is 0 Å². The number of nitrogens with one attached hydrogen (secondary N) is 1. The maximum Gasteiger partial charge on any atom is 0.105 e. The zero-order valence-corrected chi connectivity index (χ0v) is 12.1. The summed E-state index contributed by atoms with van der Waals surface area (Å²) >= 11 is 1.92. The minimum absolute atomic E-state index is 0.358. The third kappa shape index (κ3) is 3.03.